The summed E-state index contributed by atoms with van der Waals surface area (Å²) < 4.78 is 5.60. The zero-order chi connectivity index (χ0) is 11.2. The fourth-order valence-electron chi connectivity index (χ4n) is 1.34. The van der Waals surface area contributed by atoms with E-state index in [2.05, 4.69) is 4.98 Å². The van der Waals surface area contributed by atoms with Gasteiger partial charge in [0.2, 0.25) is 5.89 Å². The van der Waals surface area contributed by atoms with Gasteiger partial charge in [0.05, 0.1) is 18.6 Å². The minimum atomic E-state index is 0.191. The van der Waals surface area contributed by atoms with Crippen LogP contribution in [0.5, 0.6) is 0 Å². The first-order valence-corrected chi connectivity index (χ1v) is 6.24. The summed E-state index contributed by atoms with van der Waals surface area (Å²) in [6.07, 6.45) is 1.74. The lowest BCUT2D eigenvalue weighted by atomic mass is 10.2. The predicted molar refractivity (Wildman–Crippen MR) is 65.2 cm³/mol. The van der Waals surface area contributed by atoms with E-state index in [1.807, 2.05) is 30.3 Å². The van der Waals surface area contributed by atoms with E-state index in [0.29, 0.717) is 17.4 Å². The molecule has 2 aromatic rings. The Morgan fingerprint density at radius 3 is 2.81 bits per heavy atom. The molecule has 0 bridgehead atoms. The molecule has 0 fully saturated rings. The minimum absolute atomic E-state index is 0.191. The maximum absolute atomic E-state index is 8.66. The first-order chi connectivity index (χ1) is 7.90. The SMILES string of the molecule is OCCSCc1ncc(-c2ccccc2)o1. The van der Waals surface area contributed by atoms with E-state index in [9.17, 15) is 0 Å². The number of hydrogen-bond donors (Lipinski definition) is 1. The molecule has 16 heavy (non-hydrogen) atoms. The molecule has 1 aromatic carbocycles. The number of oxazole rings is 1. The number of aliphatic hydroxyl groups is 1. The molecule has 1 aromatic heterocycles. The summed E-state index contributed by atoms with van der Waals surface area (Å²) in [6, 6.07) is 9.89. The van der Waals surface area contributed by atoms with Crippen molar-refractivity contribution < 1.29 is 9.52 Å². The van der Waals surface area contributed by atoms with Gasteiger partial charge in [-0.1, -0.05) is 30.3 Å². The third-order valence-electron chi connectivity index (χ3n) is 2.07. The lowest BCUT2D eigenvalue weighted by Crippen LogP contribution is -1.87. The third-order valence-corrected chi connectivity index (χ3v) is 3.00. The van der Waals surface area contributed by atoms with Gasteiger partial charge in [0, 0.05) is 11.3 Å². The second kappa shape index (κ2) is 5.72. The number of aliphatic hydroxyl groups excluding tert-OH is 1. The molecule has 84 valence electrons. The Labute approximate surface area is 98.5 Å². The van der Waals surface area contributed by atoms with Crippen LogP contribution < -0.4 is 0 Å². The fraction of sp³-hybridized carbons (Fsp3) is 0.250. The van der Waals surface area contributed by atoms with Crippen molar-refractivity contribution in [2.45, 2.75) is 5.75 Å². The van der Waals surface area contributed by atoms with E-state index in [1.54, 1.807) is 18.0 Å². The number of rotatable bonds is 5. The standard InChI is InChI=1S/C12H13NO2S/c14-6-7-16-9-12-13-8-11(15-12)10-4-2-1-3-5-10/h1-5,8,14H,6-7,9H2. The average molecular weight is 235 g/mol. The highest BCUT2D eigenvalue weighted by Gasteiger charge is 2.05. The van der Waals surface area contributed by atoms with Crippen molar-refractivity contribution in [1.29, 1.82) is 0 Å². The van der Waals surface area contributed by atoms with E-state index in [-0.39, 0.29) is 6.61 Å². The summed E-state index contributed by atoms with van der Waals surface area (Å²) in [5, 5.41) is 8.66. The van der Waals surface area contributed by atoms with Crippen LogP contribution in [0.1, 0.15) is 5.89 Å². The Kier molecular flexibility index (Phi) is 4.02. The quantitative estimate of drug-likeness (QED) is 0.809. The second-order valence-electron chi connectivity index (χ2n) is 3.26. The average Bonchev–Trinajstić information content (AvgIpc) is 2.79. The summed E-state index contributed by atoms with van der Waals surface area (Å²) in [6.45, 7) is 0.191. The van der Waals surface area contributed by atoms with Gasteiger partial charge < -0.3 is 9.52 Å². The molecule has 0 unspecified atom stereocenters. The molecule has 0 atom stereocenters. The topological polar surface area (TPSA) is 46.3 Å². The van der Waals surface area contributed by atoms with Crippen LogP contribution in [0.3, 0.4) is 0 Å². The highest BCUT2D eigenvalue weighted by Crippen LogP contribution is 2.21. The molecule has 0 saturated heterocycles. The number of benzene rings is 1. The van der Waals surface area contributed by atoms with Crippen molar-refractivity contribution in [3.63, 3.8) is 0 Å². The van der Waals surface area contributed by atoms with Crippen LogP contribution >= 0.6 is 11.8 Å². The van der Waals surface area contributed by atoms with E-state index in [0.717, 1.165) is 11.3 Å². The highest BCUT2D eigenvalue weighted by molar-refractivity contribution is 7.98. The molecule has 2 rings (SSSR count). The molecule has 0 aliphatic carbocycles. The van der Waals surface area contributed by atoms with Gasteiger partial charge in [-0.3, -0.25) is 0 Å². The van der Waals surface area contributed by atoms with E-state index in [1.165, 1.54) is 0 Å². The largest absolute Gasteiger partial charge is 0.440 e. The zero-order valence-corrected chi connectivity index (χ0v) is 9.61. The molecule has 0 aliphatic rings. The van der Waals surface area contributed by atoms with E-state index >= 15 is 0 Å². The van der Waals surface area contributed by atoms with Crippen molar-refractivity contribution in [3.8, 4) is 11.3 Å². The molecule has 0 spiro atoms. The van der Waals surface area contributed by atoms with Crippen LogP contribution in [0.2, 0.25) is 0 Å². The maximum atomic E-state index is 8.66. The molecule has 1 heterocycles. The van der Waals surface area contributed by atoms with Gasteiger partial charge in [0.1, 0.15) is 0 Å². The fourth-order valence-corrected chi connectivity index (χ4v) is 1.92. The van der Waals surface area contributed by atoms with Gasteiger partial charge in [0.15, 0.2) is 5.76 Å². The van der Waals surface area contributed by atoms with Crippen LogP contribution in [0.25, 0.3) is 11.3 Å². The van der Waals surface area contributed by atoms with Crippen molar-refractivity contribution in [1.82, 2.24) is 4.98 Å². The van der Waals surface area contributed by atoms with Gasteiger partial charge in [-0.2, -0.15) is 0 Å². The highest BCUT2D eigenvalue weighted by atomic mass is 32.2. The Morgan fingerprint density at radius 1 is 1.25 bits per heavy atom. The normalized spacial score (nSPS) is 10.6. The molecular weight excluding hydrogens is 222 g/mol. The van der Waals surface area contributed by atoms with Crippen molar-refractivity contribution in [2.24, 2.45) is 0 Å². The first kappa shape index (κ1) is 11.2. The predicted octanol–water partition coefficient (Wildman–Crippen LogP) is 2.57. The van der Waals surface area contributed by atoms with E-state index in [4.69, 9.17) is 9.52 Å². The zero-order valence-electron chi connectivity index (χ0n) is 8.80. The Hall–Kier alpha value is -1.26. The van der Waals surface area contributed by atoms with Crippen molar-refractivity contribution >= 4 is 11.8 Å². The molecule has 1 N–H and O–H groups in total. The number of nitrogens with zero attached hydrogens (tertiary/aromatic N) is 1. The van der Waals surface area contributed by atoms with Gasteiger partial charge in [-0.25, -0.2) is 4.98 Å². The van der Waals surface area contributed by atoms with E-state index < -0.39 is 0 Å². The molecular formula is C12H13NO2S. The van der Waals surface area contributed by atoms with Crippen molar-refractivity contribution in [2.75, 3.05) is 12.4 Å². The Morgan fingerprint density at radius 2 is 2.06 bits per heavy atom. The van der Waals surface area contributed by atoms with Gasteiger partial charge in [-0.15, -0.1) is 11.8 Å². The molecule has 0 aliphatic heterocycles. The summed E-state index contributed by atoms with van der Waals surface area (Å²) in [7, 11) is 0. The van der Waals surface area contributed by atoms with Crippen LogP contribution in [0.4, 0.5) is 0 Å². The first-order valence-electron chi connectivity index (χ1n) is 5.09. The van der Waals surface area contributed by atoms with Crippen molar-refractivity contribution in [3.05, 3.63) is 42.4 Å². The lowest BCUT2D eigenvalue weighted by Gasteiger charge is -1.95. The Balaban J connectivity index is 2.02. The second-order valence-corrected chi connectivity index (χ2v) is 4.37. The van der Waals surface area contributed by atoms with Crippen LogP contribution in [-0.4, -0.2) is 22.5 Å². The number of aromatic nitrogens is 1. The lowest BCUT2D eigenvalue weighted by molar-refractivity contribution is 0.322. The number of thioether (sulfide) groups is 1. The van der Waals surface area contributed by atoms with Crippen LogP contribution in [0.15, 0.2) is 40.9 Å². The molecule has 0 radical (unpaired) electrons. The molecule has 3 nitrogen and oxygen atoms in total. The molecule has 0 amide bonds. The molecule has 0 saturated carbocycles. The summed E-state index contributed by atoms with van der Waals surface area (Å²) in [4.78, 5) is 4.20. The third kappa shape index (κ3) is 2.87. The maximum Gasteiger partial charge on any atom is 0.204 e. The number of hydrogen-bond acceptors (Lipinski definition) is 4. The van der Waals surface area contributed by atoms with Gasteiger partial charge in [0.25, 0.3) is 0 Å². The summed E-state index contributed by atoms with van der Waals surface area (Å²) >= 11 is 1.61. The van der Waals surface area contributed by atoms with Crippen LogP contribution in [-0.2, 0) is 5.75 Å². The smallest absolute Gasteiger partial charge is 0.204 e. The minimum Gasteiger partial charge on any atom is -0.440 e. The van der Waals surface area contributed by atoms with Gasteiger partial charge >= 0.3 is 0 Å². The summed E-state index contributed by atoms with van der Waals surface area (Å²) in [5.74, 6) is 2.91. The summed E-state index contributed by atoms with van der Waals surface area (Å²) in [5.41, 5.74) is 1.04. The Bertz CT molecular complexity index is 428. The monoisotopic (exact) mass is 235 g/mol. The van der Waals surface area contributed by atoms with Crippen LogP contribution in [0, 0.1) is 0 Å². The van der Waals surface area contributed by atoms with Gasteiger partial charge in [-0.05, 0) is 0 Å². The molecule has 4 heteroatoms.